The molecule has 2 saturated heterocycles. The van der Waals surface area contributed by atoms with Crippen LogP contribution >= 0.6 is 46.9 Å². The van der Waals surface area contributed by atoms with E-state index in [-0.39, 0.29) is 27.7 Å². The highest BCUT2D eigenvalue weighted by molar-refractivity contribution is 7.89. The minimum atomic E-state index is -3.57. The third-order valence-electron chi connectivity index (χ3n) is 4.24. The maximum Gasteiger partial charge on any atom is 0.245 e. The molecule has 2 fully saturated rings. The molecular formula is C12H17Cl3N2O2S2. The van der Waals surface area contributed by atoms with Crippen molar-refractivity contribution in [3.05, 3.63) is 14.7 Å². The van der Waals surface area contributed by atoms with Gasteiger partial charge in [0.15, 0.2) is 0 Å². The van der Waals surface area contributed by atoms with Crippen LogP contribution in [0.5, 0.6) is 0 Å². The Bertz CT molecular complexity index is 608. The van der Waals surface area contributed by atoms with E-state index in [9.17, 15) is 8.42 Å². The first-order chi connectivity index (χ1) is 9.38. The van der Waals surface area contributed by atoms with Crippen LogP contribution in [-0.4, -0.2) is 37.9 Å². The zero-order valence-corrected chi connectivity index (χ0v) is 15.3. The summed E-state index contributed by atoms with van der Waals surface area (Å²) in [5, 5.41) is 3.52. The van der Waals surface area contributed by atoms with Crippen molar-refractivity contribution in [1.82, 2.24) is 9.62 Å². The van der Waals surface area contributed by atoms with Crippen molar-refractivity contribution in [3.63, 3.8) is 0 Å². The van der Waals surface area contributed by atoms with Gasteiger partial charge in [-0.05, 0) is 31.7 Å². The van der Waals surface area contributed by atoms with Gasteiger partial charge in [0, 0.05) is 25.2 Å². The van der Waals surface area contributed by atoms with Gasteiger partial charge in [0.25, 0.3) is 0 Å². The number of piperidine rings is 1. The minimum absolute atomic E-state index is 0. The van der Waals surface area contributed by atoms with E-state index < -0.39 is 10.0 Å². The first-order valence-corrected chi connectivity index (χ1v) is 9.58. The van der Waals surface area contributed by atoms with Gasteiger partial charge in [-0.2, -0.15) is 4.31 Å². The third kappa shape index (κ3) is 3.37. The first-order valence-electron chi connectivity index (χ1n) is 6.57. The molecule has 0 radical (unpaired) electrons. The van der Waals surface area contributed by atoms with Crippen LogP contribution in [0.2, 0.25) is 8.67 Å². The van der Waals surface area contributed by atoms with Crippen LogP contribution in [0.1, 0.15) is 25.7 Å². The first kappa shape index (κ1) is 17.8. The molecule has 2 aliphatic heterocycles. The van der Waals surface area contributed by atoms with Gasteiger partial charge in [0.1, 0.15) is 9.23 Å². The summed E-state index contributed by atoms with van der Waals surface area (Å²) < 4.78 is 27.4. The second kappa shape index (κ2) is 6.51. The van der Waals surface area contributed by atoms with E-state index in [0.29, 0.717) is 16.4 Å². The van der Waals surface area contributed by atoms with Gasteiger partial charge in [0.05, 0.1) is 4.34 Å². The van der Waals surface area contributed by atoms with Crippen LogP contribution in [0, 0.1) is 0 Å². The van der Waals surface area contributed by atoms with Crippen molar-refractivity contribution in [2.45, 2.75) is 48.7 Å². The second-order valence-electron chi connectivity index (χ2n) is 5.47. The fourth-order valence-electron chi connectivity index (χ4n) is 3.18. The van der Waals surface area contributed by atoms with Crippen LogP contribution in [0.3, 0.4) is 0 Å². The lowest BCUT2D eigenvalue weighted by Crippen LogP contribution is -2.48. The van der Waals surface area contributed by atoms with Crippen molar-refractivity contribution < 1.29 is 8.42 Å². The fraction of sp³-hybridized carbons (Fsp3) is 0.667. The van der Waals surface area contributed by atoms with E-state index in [4.69, 9.17) is 23.2 Å². The van der Waals surface area contributed by atoms with Crippen LogP contribution in [0.4, 0.5) is 0 Å². The molecule has 2 unspecified atom stereocenters. The number of fused-ring (bicyclic) bond motifs is 2. The molecule has 2 atom stereocenters. The summed E-state index contributed by atoms with van der Waals surface area (Å²) in [6.45, 7) is 0. The number of hydrogen-bond acceptors (Lipinski definition) is 4. The molecule has 0 aromatic carbocycles. The van der Waals surface area contributed by atoms with Gasteiger partial charge in [-0.3, -0.25) is 0 Å². The van der Waals surface area contributed by atoms with Gasteiger partial charge in [-0.1, -0.05) is 23.2 Å². The summed E-state index contributed by atoms with van der Waals surface area (Å²) in [5.74, 6) is 0. The molecule has 0 aliphatic carbocycles. The summed E-state index contributed by atoms with van der Waals surface area (Å²) >= 11 is 12.9. The molecule has 1 aromatic rings. The Labute approximate surface area is 145 Å². The smallest absolute Gasteiger partial charge is 0.245 e. The Kier molecular flexibility index (Phi) is 5.52. The molecule has 1 N–H and O–H groups in total. The predicted molar refractivity (Wildman–Crippen MR) is 89.5 cm³/mol. The summed E-state index contributed by atoms with van der Waals surface area (Å²) in [4.78, 5) is 0.127. The normalized spacial score (nSPS) is 28.7. The molecule has 1 aromatic heterocycles. The highest BCUT2D eigenvalue weighted by Gasteiger charge is 2.39. The maximum atomic E-state index is 12.7. The maximum absolute atomic E-state index is 12.7. The average Bonchev–Trinajstić information content (AvgIpc) is 2.90. The molecular weight excluding hydrogens is 375 g/mol. The van der Waals surface area contributed by atoms with Crippen molar-refractivity contribution >= 4 is 57.0 Å². The number of nitrogens with one attached hydrogen (secondary N) is 1. The van der Waals surface area contributed by atoms with Crippen LogP contribution < -0.4 is 5.32 Å². The molecule has 9 heteroatoms. The second-order valence-corrected chi connectivity index (χ2v) is 9.72. The van der Waals surface area contributed by atoms with Gasteiger partial charge < -0.3 is 5.32 Å². The summed E-state index contributed by atoms with van der Waals surface area (Å²) in [7, 11) is -1.92. The Morgan fingerprint density at radius 1 is 1.29 bits per heavy atom. The molecule has 21 heavy (non-hydrogen) atoms. The number of halogens is 3. The number of sulfonamides is 1. The lowest BCUT2D eigenvalue weighted by molar-refractivity contribution is 0.251. The van der Waals surface area contributed by atoms with Crippen LogP contribution in [0.25, 0.3) is 0 Å². The topological polar surface area (TPSA) is 49.4 Å². The Morgan fingerprint density at radius 3 is 2.33 bits per heavy atom. The average molecular weight is 392 g/mol. The summed E-state index contributed by atoms with van der Waals surface area (Å²) in [6, 6.07) is 2.36. The van der Waals surface area contributed by atoms with E-state index >= 15 is 0 Å². The van der Waals surface area contributed by atoms with E-state index in [2.05, 4.69) is 5.32 Å². The van der Waals surface area contributed by atoms with Crippen molar-refractivity contribution in [2.24, 2.45) is 0 Å². The van der Waals surface area contributed by atoms with E-state index in [0.717, 1.165) is 37.0 Å². The van der Waals surface area contributed by atoms with E-state index in [1.807, 2.05) is 0 Å². The molecule has 2 aliphatic rings. The minimum Gasteiger partial charge on any atom is -0.311 e. The third-order valence-corrected chi connectivity index (χ3v) is 7.91. The molecule has 4 nitrogen and oxygen atoms in total. The largest absolute Gasteiger partial charge is 0.311 e. The lowest BCUT2D eigenvalue weighted by Gasteiger charge is -2.34. The Morgan fingerprint density at radius 2 is 1.86 bits per heavy atom. The number of hydrogen-bond donors (Lipinski definition) is 1. The SMILES string of the molecule is CN(C1CC2CCC(C1)N2)S(=O)(=O)c1cc(Cl)sc1Cl.Cl. The zero-order chi connectivity index (χ0) is 14.5. The van der Waals surface area contributed by atoms with Crippen molar-refractivity contribution in [1.29, 1.82) is 0 Å². The van der Waals surface area contributed by atoms with Gasteiger partial charge >= 0.3 is 0 Å². The van der Waals surface area contributed by atoms with Crippen molar-refractivity contribution in [3.8, 4) is 0 Å². The highest BCUT2D eigenvalue weighted by Crippen LogP contribution is 2.38. The van der Waals surface area contributed by atoms with Gasteiger partial charge in [0.2, 0.25) is 10.0 Å². The van der Waals surface area contributed by atoms with Gasteiger partial charge in [-0.25, -0.2) is 8.42 Å². The molecule has 3 heterocycles. The molecule has 3 rings (SSSR count). The standard InChI is InChI=1S/C12H16Cl2N2O2S2.ClH/c1-16(9-4-7-2-3-8(5-9)15-7)20(17,18)10-6-11(13)19-12(10)14;/h6-9,15H,2-5H2,1H3;1H. The lowest BCUT2D eigenvalue weighted by atomic mass is 10.0. The molecule has 120 valence electrons. The highest BCUT2D eigenvalue weighted by atomic mass is 35.5. The number of thiophene rings is 1. The van der Waals surface area contributed by atoms with Crippen LogP contribution in [0.15, 0.2) is 11.0 Å². The van der Waals surface area contributed by atoms with E-state index in [1.54, 1.807) is 7.05 Å². The Hall–Kier alpha value is 0.440. The molecule has 0 saturated carbocycles. The number of nitrogens with zero attached hydrogens (tertiary/aromatic N) is 1. The molecule has 2 bridgehead atoms. The zero-order valence-electron chi connectivity index (χ0n) is 11.4. The van der Waals surface area contributed by atoms with Crippen LogP contribution in [-0.2, 0) is 10.0 Å². The predicted octanol–water partition coefficient (Wildman–Crippen LogP) is 3.38. The molecule has 0 amide bonds. The molecule has 0 spiro atoms. The van der Waals surface area contributed by atoms with Gasteiger partial charge in [-0.15, -0.1) is 23.7 Å². The monoisotopic (exact) mass is 390 g/mol. The summed E-state index contributed by atoms with van der Waals surface area (Å²) in [5.41, 5.74) is 0. The Balaban J connectivity index is 0.00000161. The fourth-order valence-corrected chi connectivity index (χ4v) is 6.66. The quantitative estimate of drug-likeness (QED) is 0.859. The summed E-state index contributed by atoms with van der Waals surface area (Å²) in [6.07, 6.45) is 4.00. The van der Waals surface area contributed by atoms with E-state index in [1.165, 1.54) is 10.4 Å². The number of rotatable bonds is 3. The van der Waals surface area contributed by atoms with Crippen molar-refractivity contribution in [2.75, 3.05) is 7.05 Å².